The molecule has 5 heteroatoms. The fraction of sp³-hybridized carbons (Fsp3) is 0. The molecule has 0 aliphatic rings. The molecule has 0 spiro atoms. The Labute approximate surface area is 102 Å². The Balaban J connectivity index is 2.23. The fourth-order valence-electron chi connectivity index (χ4n) is 1.71. The van der Waals surface area contributed by atoms with Crippen molar-refractivity contribution in [3.63, 3.8) is 0 Å². The molecule has 0 amide bonds. The molecular formula is C12H9ClN4. The summed E-state index contributed by atoms with van der Waals surface area (Å²) in [4.78, 5) is 11.6. The summed E-state index contributed by atoms with van der Waals surface area (Å²) >= 11 is 6.03. The van der Waals surface area contributed by atoms with Crippen molar-refractivity contribution < 1.29 is 0 Å². The van der Waals surface area contributed by atoms with E-state index in [1.54, 1.807) is 6.07 Å². The monoisotopic (exact) mass is 244 g/mol. The van der Waals surface area contributed by atoms with Crippen LogP contribution in [0.1, 0.15) is 0 Å². The first kappa shape index (κ1) is 10.1. The highest BCUT2D eigenvalue weighted by molar-refractivity contribution is 6.32. The molecule has 17 heavy (non-hydrogen) atoms. The number of hydrogen-bond donors (Lipinski definition) is 2. The summed E-state index contributed by atoms with van der Waals surface area (Å²) in [7, 11) is 0. The van der Waals surface area contributed by atoms with Crippen LogP contribution >= 0.6 is 11.6 Å². The number of nitrogens with one attached hydrogen (secondary N) is 1. The van der Waals surface area contributed by atoms with Gasteiger partial charge in [-0.15, -0.1) is 0 Å². The first-order valence-electron chi connectivity index (χ1n) is 5.10. The van der Waals surface area contributed by atoms with Crippen LogP contribution in [-0.4, -0.2) is 15.0 Å². The zero-order chi connectivity index (χ0) is 11.8. The van der Waals surface area contributed by atoms with Gasteiger partial charge in [0.25, 0.3) is 0 Å². The maximum Gasteiger partial charge on any atom is 0.141 e. The standard InChI is InChI=1S/C12H9ClN4/c13-11-8(5-7(14)6-15-11)12-16-9-3-1-2-4-10(9)17-12/h1-6H,14H2,(H,16,17). The van der Waals surface area contributed by atoms with Crippen LogP contribution in [0.2, 0.25) is 5.15 Å². The minimum Gasteiger partial charge on any atom is -0.397 e. The van der Waals surface area contributed by atoms with Gasteiger partial charge in [0.2, 0.25) is 0 Å². The second kappa shape index (κ2) is 3.75. The van der Waals surface area contributed by atoms with Gasteiger partial charge in [-0.25, -0.2) is 9.97 Å². The Kier molecular flexibility index (Phi) is 2.23. The zero-order valence-electron chi connectivity index (χ0n) is 8.81. The molecule has 1 aromatic carbocycles. The summed E-state index contributed by atoms with van der Waals surface area (Å²) in [6.45, 7) is 0. The number of nitrogens with zero attached hydrogens (tertiary/aromatic N) is 2. The molecule has 0 bridgehead atoms. The number of aromatic nitrogens is 3. The van der Waals surface area contributed by atoms with Crippen LogP contribution < -0.4 is 5.73 Å². The maximum atomic E-state index is 6.03. The van der Waals surface area contributed by atoms with Crippen LogP contribution in [0.15, 0.2) is 36.5 Å². The number of fused-ring (bicyclic) bond motifs is 1. The average Bonchev–Trinajstić information content (AvgIpc) is 2.75. The second-order valence-electron chi connectivity index (χ2n) is 3.71. The van der Waals surface area contributed by atoms with Crippen molar-refractivity contribution >= 4 is 28.3 Å². The van der Waals surface area contributed by atoms with E-state index in [4.69, 9.17) is 17.3 Å². The number of anilines is 1. The lowest BCUT2D eigenvalue weighted by Gasteiger charge is -2.00. The van der Waals surface area contributed by atoms with Gasteiger partial charge in [0, 0.05) is 0 Å². The van der Waals surface area contributed by atoms with Crippen molar-refractivity contribution in [1.29, 1.82) is 0 Å². The summed E-state index contributed by atoms with van der Waals surface area (Å²) in [5.41, 5.74) is 8.82. The van der Waals surface area contributed by atoms with Gasteiger partial charge in [-0.2, -0.15) is 0 Å². The molecule has 3 rings (SSSR count). The molecule has 3 aromatic rings. The molecule has 0 unspecified atom stereocenters. The van der Waals surface area contributed by atoms with E-state index in [1.165, 1.54) is 6.20 Å². The Hall–Kier alpha value is -2.07. The first-order valence-corrected chi connectivity index (χ1v) is 5.48. The van der Waals surface area contributed by atoms with Crippen LogP contribution in [-0.2, 0) is 0 Å². The quantitative estimate of drug-likeness (QED) is 0.647. The van der Waals surface area contributed by atoms with E-state index in [1.807, 2.05) is 24.3 Å². The number of para-hydroxylation sites is 2. The molecule has 0 saturated heterocycles. The van der Waals surface area contributed by atoms with Gasteiger partial charge < -0.3 is 10.7 Å². The minimum absolute atomic E-state index is 0.387. The third kappa shape index (κ3) is 1.72. The van der Waals surface area contributed by atoms with Crippen molar-refractivity contribution in [2.75, 3.05) is 5.73 Å². The van der Waals surface area contributed by atoms with E-state index < -0.39 is 0 Å². The van der Waals surface area contributed by atoms with Crippen LogP contribution in [0.25, 0.3) is 22.4 Å². The zero-order valence-corrected chi connectivity index (χ0v) is 9.57. The Morgan fingerprint density at radius 1 is 1.24 bits per heavy atom. The van der Waals surface area contributed by atoms with Gasteiger partial charge in [0.05, 0.1) is 28.5 Å². The number of pyridine rings is 1. The van der Waals surface area contributed by atoms with Crippen molar-refractivity contribution in [1.82, 2.24) is 15.0 Å². The molecule has 4 nitrogen and oxygen atoms in total. The van der Waals surface area contributed by atoms with Crippen LogP contribution in [0, 0.1) is 0 Å². The first-order chi connectivity index (χ1) is 8.24. The molecule has 2 heterocycles. The minimum atomic E-state index is 0.387. The van der Waals surface area contributed by atoms with Crippen molar-refractivity contribution in [2.45, 2.75) is 0 Å². The summed E-state index contributed by atoms with van der Waals surface area (Å²) in [6.07, 6.45) is 1.52. The van der Waals surface area contributed by atoms with E-state index in [-0.39, 0.29) is 0 Å². The molecule has 0 radical (unpaired) electrons. The van der Waals surface area contributed by atoms with E-state index in [2.05, 4.69) is 15.0 Å². The van der Waals surface area contributed by atoms with Crippen LogP contribution in [0.3, 0.4) is 0 Å². The lowest BCUT2D eigenvalue weighted by molar-refractivity contribution is 1.28. The topological polar surface area (TPSA) is 67.6 Å². The molecule has 3 N–H and O–H groups in total. The molecule has 2 aromatic heterocycles. The highest BCUT2D eigenvalue weighted by Gasteiger charge is 2.09. The lowest BCUT2D eigenvalue weighted by atomic mass is 10.2. The predicted molar refractivity (Wildman–Crippen MR) is 68.7 cm³/mol. The average molecular weight is 245 g/mol. The fourth-order valence-corrected chi connectivity index (χ4v) is 1.90. The number of nitrogen functional groups attached to an aromatic ring is 1. The highest BCUT2D eigenvalue weighted by atomic mass is 35.5. The van der Waals surface area contributed by atoms with E-state index in [9.17, 15) is 0 Å². The predicted octanol–water partition coefficient (Wildman–Crippen LogP) is 2.86. The molecule has 0 saturated carbocycles. The number of H-pyrrole nitrogens is 1. The highest BCUT2D eigenvalue weighted by Crippen LogP contribution is 2.27. The smallest absolute Gasteiger partial charge is 0.141 e. The lowest BCUT2D eigenvalue weighted by Crippen LogP contribution is -1.90. The molecular weight excluding hydrogens is 236 g/mol. The third-order valence-electron chi connectivity index (χ3n) is 2.50. The van der Waals surface area contributed by atoms with Gasteiger partial charge in [0.15, 0.2) is 0 Å². The maximum absolute atomic E-state index is 6.03. The van der Waals surface area contributed by atoms with Crippen molar-refractivity contribution in [2.24, 2.45) is 0 Å². The van der Waals surface area contributed by atoms with Crippen LogP contribution in [0.4, 0.5) is 5.69 Å². The van der Waals surface area contributed by atoms with Gasteiger partial charge in [0.1, 0.15) is 11.0 Å². The molecule has 0 aliphatic carbocycles. The van der Waals surface area contributed by atoms with E-state index in [0.717, 1.165) is 11.0 Å². The summed E-state index contributed by atoms with van der Waals surface area (Å²) < 4.78 is 0. The molecule has 0 aliphatic heterocycles. The van der Waals surface area contributed by atoms with Gasteiger partial charge in [-0.1, -0.05) is 23.7 Å². The third-order valence-corrected chi connectivity index (χ3v) is 2.81. The number of halogens is 1. The number of imidazole rings is 1. The van der Waals surface area contributed by atoms with Gasteiger partial charge in [-0.3, -0.25) is 0 Å². The largest absolute Gasteiger partial charge is 0.397 e. The molecule has 0 atom stereocenters. The van der Waals surface area contributed by atoms with Crippen LogP contribution in [0.5, 0.6) is 0 Å². The number of hydrogen-bond acceptors (Lipinski definition) is 3. The van der Waals surface area contributed by atoms with E-state index >= 15 is 0 Å². The van der Waals surface area contributed by atoms with Gasteiger partial charge >= 0.3 is 0 Å². The van der Waals surface area contributed by atoms with Crippen molar-refractivity contribution in [3.8, 4) is 11.4 Å². The Morgan fingerprint density at radius 2 is 2.06 bits per heavy atom. The summed E-state index contributed by atoms with van der Waals surface area (Å²) in [5, 5.41) is 0.387. The Morgan fingerprint density at radius 3 is 2.88 bits per heavy atom. The molecule has 0 fully saturated rings. The number of benzene rings is 1. The number of rotatable bonds is 1. The summed E-state index contributed by atoms with van der Waals surface area (Å²) in [6, 6.07) is 9.53. The van der Waals surface area contributed by atoms with Gasteiger partial charge in [-0.05, 0) is 18.2 Å². The SMILES string of the molecule is Nc1cnc(Cl)c(-c2nc3ccccc3[nH]2)c1. The molecule has 84 valence electrons. The second-order valence-corrected chi connectivity index (χ2v) is 4.07. The number of aromatic amines is 1. The summed E-state index contributed by atoms with van der Waals surface area (Å²) in [5.74, 6) is 0.677. The Bertz CT molecular complexity index is 657. The van der Waals surface area contributed by atoms with Crippen molar-refractivity contribution in [3.05, 3.63) is 41.7 Å². The van der Waals surface area contributed by atoms with E-state index in [0.29, 0.717) is 22.2 Å². The number of nitrogens with two attached hydrogens (primary N) is 1. The normalized spacial score (nSPS) is 10.9.